The summed E-state index contributed by atoms with van der Waals surface area (Å²) in [6, 6.07) is 62.4. The van der Waals surface area contributed by atoms with Crippen LogP contribution in [0.25, 0.3) is 44.1 Å². The standard InChI is InChI=1S/C20H21NO3.C18H17NO4.C17H24N2O2.C17H21NO3.C15H18N2O.C13H16N2O2.C12H14N2O2/c1-2-17(14-8-4-3-5-9-14)19(22)21-13-16-11-7-6-10-15(16)12-18(21)20(23)24;20-17(21)16-10-14-8-4-5-9-15(14)11-19(16)18(22)23-12-13-6-2-1-3-7-13;1-4-6-7-14(5-2)11-21-17(20)19-12-18-15-10-13(3)8-9-16(15)19;19-16(12-6-2-1-3-7-12)18-11-14-9-5-4-8-13(14)10-15(18)17(20)21;1-11-7-8-14-13(9-11)16-10-17(14)15(18)12-5-3-2-4-6-12;1-9-5-6-11-10(7-9)14-8-15(11)12(16)17-13(2,3)4;1-8(2)16-12(15)14-7-13-10-6-9(3)4-5-11(10)14/h3-11,17-18H,2,12-13H2,1H3,(H,23,24);1-9,16H,10-12H2,(H,20,21);8-10,12,14H,4-7,11H2,1-3H3;4-5,8-9,12,15H,1-3,6-7,10-11H2,(H,20,21);7-10,12H,2-6H2,1H3;5-8H,1-4H3;4-8H,1-3H3/p-3. The van der Waals surface area contributed by atoms with Crippen LogP contribution in [0.5, 0.6) is 0 Å². The molecule has 18 rings (SSSR count). The third-order valence-electron chi connectivity index (χ3n) is 25.7. The van der Waals surface area contributed by atoms with Gasteiger partial charge in [-0.2, -0.15) is 0 Å². The van der Waals surface area contributed by atoms with Gasteiger partial charge in [0.25, 0.3) is 0 Å². The first kappa shape index (κ1) is 104. The maximum Gasteiger partial charge on any atom is 0.420 e. The summed E-state index contributed by atoms with van der Waals surface area (Å²) in [5, 5.41) is 34.5. The number of fused-ring (bicyclic) bond motifs is 7. The maximum atomic E-state index is 13.1. The molecule has 0 N–H and O–H groups in total. The highest BCUT2D eigenvalue weighted by molar-refractivity contribution is 5.93. The van der Waals surface area contributed by atoms with Crippen LogP contribution in [0.1, 0.15) is 229 Å². The maximum absolute atomic E-state index is 13.1. The van der Waals surface area contributed by atoms with Crippen LogP contribution in [0.2, 0.25) is 0 Å². The van der Waals surface area contributed by atoms with Gasteiger partial charge in [-0.15, -0.1) is 0 Å². The summed E-state index contributed by atoms with van der Waals surface area (Å²) in [6.07, 6.45) is 21.1. The Morgan fingerprint density at radius 2 is 0.771 bits per heavy atom. The molecule has 7 heterocycles. The zero-order valence-corrected chi connectivity index (χ0v) is 82.2. The summed E-state index contributed by atoms with van der Waals surface area (Å²) in [5.74, 6) is -3.23. The van der Waals surface area contributed by atoms with Crippen molar-refractivity contribution in [3.05, 3.63) is 298 Å². The number of amides is 3. The van der Waals surface area contributed by atoms with Crippen LogP contribution in [-0.2, 0) is 88.4 Å². The third-order valence-corrected chi connectivity index (χ3v) is 25.7. The van der Waals surface area contributed by atoms with E-state index in [-0.39, 0.29) is 73.3 Å². The van der Waals surface area contributed by atoms with Crippen molar-refractivity contribution >= 4 is 104 Å². The molecule has 0 saturated heterocycles. The number of benzene rings is 9. The molecule has 5 unspecified atom stereocenters. The van der Waals surface area contributed by atoms with Gasteiger partial charge in [-0.3, -0.25) is 23.9 Å². The Kier molecular flexibility index (Phi) is 37.1. The largest absolute Gasteiger partial charge is 0.548 e. The monoisotopic (exact) mass is 1900 g/mol. The van der Waals surface area contributed by atoms with Crippen molar-refractivity contribution in [1.29, 1.82) is 0 Å². The summed E-state index contributed by atoms with van der Waals surface area (Å²) in [6.45, 7) is 25.0. The molecule has 9 aromatic carbocycles. The van der Waals surface area contributed by atoms with Gasteiger partial charge in [-0.05, 0) is 241 Å². The van der Waals surface area contributed by atoms with E-state index in [4.69, 9.17) is 18.9 Å². The van der Waals surface area contributed by atoms with E-state index < -0.39 is 53.8 Å². The molecule has 5 aliphatic rings. The first-order valence-corrected chi connectivity index (χ1v) is 48.6. The van der Waals surface area contributed by atoms with Crippen molar-refractivity contribution in [2.45, 2.75) is 261 Å². The second-order valence-corrected chi connectivity index (χ2v) is 37.7. The molecule has 13 aromatic rings. The van der Waals surface area contributed by atoms with Crippen molar-refractivity contribution in [2.75, 3.05) is 6.61 Å². The molecule has 3 aliphatic heterocycles. The zero-order valence-electron chi connectivity index (χ0n) is 82.2. The molecular weight excluding hydrogens is 1770 g/mol. The highest BCUT2D eigenvalue weighted by Crippen LogP contribution is 2.35. The minimum Gasteiger partial charge on any atom is -0.548 e. The lowest BCUT2D eigenvalue weighted by atomic mass is 9.86. The van der Waals surface area contributed by atoms with E-state index in [0.29, 0.717) is 44.9 Å². The lowest BCUT2D eigenvalue weighted by molar-refractivity contribution is -0.313. The Bertz CT molecular complexity index is 6440. The number of hydrogen-bond acceptors (Lipinski definition) is 21. The minimum absolute atomic E-state index is 0.00148. The molecular formula is C112H128N11O17-3. The number of aliphatic carboxylic acids is 3. The number of ether oxygens (including phenoxy) is 4. The molecule has 2 saturated carbocycles. The molecule has 28 nitrogen and oxygen atoms in total. The number of nitrogens with zero attached hydrogens (tertiary/aromatic N) is 11. The molecule has 736 valence electrons. The van der Waals surface area contributed by atoms with Crippen LogP contribution in [0.15, 0.2) is 232 Å². The first-order valence-electron chi connectivity index (χ1n) is 48.6. The van der Waals surface area contributed by atoms with Crippen LogP contribution in [0.3, 0.4) is 0 Å². The van der Waals surface area contributed by atoms with Crippen molar-refractivity contribution in [3.8, 4) is 0 Å². The number of carbonyl (C=O) groups is 10. The fourth-order valence-electron chi connectivity index (χ4n) is 18.1. The van der Waals surface area contributed by atoms with Crippen molar-refractivity contribution in [3.63, 3.8) is 0 Å². The normalized spacial score (nSPS) is 15.9. The van der Waals surface area contributed by atoms with E-state index in [1.54, 1.807) is 17.2 Å². The SMILES string of the molecule is CCC(C(=O)N1Cc2ccccc2CC1C(=O)[O-])c1ccccc1.CCCCC(CC)COC(=O)n1cnc2cc(C)ccc21.Cc1ccc2c(c1)ncn2C(=O)C1CCCCC1.Cc1ccc2c(c1)ncn2C(=O)OC(C)(C)C.Cc1ccc2c(c1)ncn2C(=O)OC(C)C.O=C([O-])C1Cc2ccccc2CN1C(=O)C1CCCCC1.O=C([O-])C1Cc2ccccc2CN1C(=O)OCc1ccccc1. The first-order chi connectivity index (χ1) is 67.3. The van der Waals surface area contributed by atoms with E-state index in [9.17, 15) is 63.3 Å². The molecule has 28 heteroatoms. The average molecular weight is 1900 g/mol. The number of unbranched alkanes of at least 4 members (excludes halogenated alkanes) is 1. The Balaban J connectivity index is 0.000000147. The number of carbonyl (C=O) groups excluding carboxylic acids is 10. The van der Waals surface area contributed by atoms with E-state index in [2.05, 4.69) is 33.8 Å². The van der Waals surface area contributed by atoms with Gasteiger partial charge in [0.2, 0.25) is 17.7 Å². The predicted octanol–water partition coefficient (Wildman–Crippen LogP) is 18.6. The fourth-order valence-corrected chi connectivity index (χ4v) is 18.1. The summed E-state index contributed by atoms with van der Waals surface area (Å²) < 4.78 is 27.2. The topological polar surface area (TPSA) is 358 Å². The van der Waals surface area contributed by atoms with Gasteiger partial charge in [0.1, 0.15) is 37.5 Å². The minimum atomic E-state index is -1.27. The van der Waals surface area contributed by atoms with Gasteiger partial charge in [0.15, 0.2) is 0 Å². The van der Waals surface area contributed by atoms with Gasteiger partial charge in [0.05, 0.1) is 98.8 Å². The van der Waals surface area contributed by atoms with Gasteiger partial charge in [-0.25, -0.2) is 52.8 Å². The number of hydrogen-bond donors (Lipinski definition) is 0. The number of carboxylic acids is 3. The van der Waals surface area contributed by atoms with Crippen molar-refractivity contribution in [2.24, 2.45) is 17.8 Å². The summed E-state index contributed by atoms with van der Waals surface area (Å²) in [5.41, 5.74) is 18.3. The average Bonchev–Trinajstić information content (AvgIpc) is 1.31. The van der Waals surface area contributed by atoms with Crippen LogP contribution >= 0.6 is 0 Å². The van der Waals surface area contributed by atoms with Crippen LogP contribution < -0.4 is 15.3 Å². The molecule has 2 aliphatic carbocycles. The summed E-state index contributed by atoms with van der Waals surface area (Å²) in [7, 11) is 0. The second kappa shape index (κ2) is 49.7. The van der Waals surface area contributed by atoms with E-state index in [1.807, 2.05) is 275 Å². The fraction of sp³-hybridized carbons (Fsp3) is 0.393. The number of rotatable bonds is 17. The van der Waals surface area contributed by atoms with E-state index >= 15 is 0 Å². The predicted molar refractivity (Wildman–Crippen MR) is 530 cm³/mol. The molecule has 2 fully saturated rings. The molecule has 140 heavy (non-hydrogen) atoms. The zero-order chi connectivity index (χ0) is 100. The van der Waals surface area contributed by atoms with Crippen molar-refractivity contribution in [1.82, 2.24) is 52.9 Å². The van der Waals surface area contributed by atoms with Gasteiger partial charge >= 0.3 is 24.4 Å². The Morgan fingerprint density at radius 3 is 1.19 bits per heavy atom. The number of imidazole rings is 4. The van der Waals surface area contributed by atoms with E-state index in [1.165, 1.54) is 85.1 Å². The quantitative estimate of drug-likeness (QED) is 0.0764. The number of aryl methyl sites for hydroxylation is 4. The number of aromatic nitrogens is 8. The highest BCUT2D eigenvalue weighted by atomic mass is 16.6. The highest BCUT2D eigenvalue weighted by Gasteiger charge is 2.38. The van der Waals surface area contributed by atoms with E-state index in [0.717, 1.165) is 157 Å². The molecule has 0 spiro atoms. The molecule has 3 amide bonds. The summed E-state index contributed by atoms with van der Waals surface area (Å²) in [4.78, 5) is 142. The Morgan fingerprint density at radius 1 is 0.400 bits per heavy atom. The Labute approximate surface area is 818 Å². The lowest BCUT2D eigenvalue weighted by Gasteiger charge is -2.40. The molecule has 0 radical (unpaired) electrons. The second-order valence-electron chi connectivity index (χ2n) is 37.7. The van der Waals surface area contributed by atoms with Crippen LogP contribution in [-0.4, -0.2) is 149 Å². The van der Waals surface area contributed by atoms with Crippen molar-refractivity contribution < 1.29 is 82.2 Å². The van der Waals surface area contributed by atoms with Crippen LogP contribution in [0, 0.1) is 45.4 Å². The summed E-state index contributed by atoms with van der Waals surface area (Å²) >= 11 is 0. The number of carboxylic acid groups (broad SMARTS) is 3. The smallest absolute Gasteiger partial charge is 0.420 e. The lowest BCUT2D eigenvalue weighted by Crippen LogP contribution is -2.55. The van der Waals surface area contributed by atoms with Gasteiger partial charge in [0, 0.05) is 31.5 Å². The van der Waals surface area contributed by atoms with Gasteiger partial charge in [-0.1, -0.05) is 236 Å². The van der Waals surface area contributed by atoms with Gasteiger partial charge < -0.3 is 58.5 Å². The molecule has 4 aromatic heterocycles. The Hall–Kier alpha value is -14.4. The third kappa shape index (κ3) is 28.0. The molecule has 0 bridgehead atoms. The molecule has 5 atom stereocenters. The van der Waals surface area contributed by atoms with Crippen LogP contribution in [0.4, 0.5) is 19.2 Å².